The molecule has 0 radical (unpaired) electrons. The number of aromatic nitrogens is 3. The Bertz CT molecular complexity index is 1400. The van der Waals surface area contributed by atoms with E-state index in [0.29, 0.717) is 22.6 Å². The van der Waals surface area contributed by atoms with Crippen molar-refractivity contribution in [2.75, 3.05) is 14.2 Å². The van der Waals surface area contributed by atoms with Gasteiger partial charge in [0.1, 0.15) is 29.6 Å². The van der Waals surface area contributed by atoms with E-state index < -0.39 is 6.04 Å². The SMILES string of the molecule is COc1ccc(C(C(=O)NC2CCCC2)N(Cc2cccs2)C(=O)Cn2nnc3ccccc32)c(OC)c1. The number of rotatable bonds is 10. The largest absolute Gasteiger partial charge is 0.497 e. The van der Waals surface area contributed by atoms with E-state index in [1.54, 1.807) is 53.3 Å². The van der Waals surface area contributed by atoms with E-state index in [2.05, 4.69) is 15.6 Å². The van der Waals surface area contributed by atoms with Crippen molar-refractivity contribution in [3.63, 3.8) is 0 Å². The molecular formula is C28H31N5O4S. The van der Waals surface area contributed by atoms with Crippen LogP contribution in [0, 0.1) is 0 Å². The van der Waals surface area contributed by atoms with Gasteiger partial charge in [0.15, 0.2) is 0 Å². The number of hydrogen-bond donors (Lipinski definition) is 1. The van der Waals surface area contributed by atoms with Crippen molar-refractivity contribution in [1.82, 2.24) is 25.2 Å². The van der Waals surface area contributed by atoms with Crippen LogP contribution in [0.25, 0.3) is 11.0 Å². The summed E-state index contributed by atoms with van der Waals surface area (Å²) in [4.78, 5) is 30.6. The number of benzene rings is 2. The van der Waals surface area contributed by atoms with Crippen molar-refractivity contribution >= 4 is 34.2 Å². The van der Waals surface area contributed by atoms with Crippen LogP contribution >= 0.6 is 11.3 Å². The van der Waals surface area contributed by atoms with Crippen LogP contribution < -0.4 is 14.8 Å². The van der Waals surface area contributed by atoms with E-state index in [0.717, 1.165) is 36.1 Å². The van der Waals surface area contributed by atoms with Crippen molar-refractivity contribution in [3.8, 4) is 11.5 Å². The number of hydrogen-bond acceptors (Lipinski definition) is 7. The number of nitrogens with one attached hydrogen (secondary N) is 1. The molecule has 38 heavy (non-hydrogen) atoms. The summed E-state index contributed by atoms with van der Waals surface area (Å²) in [6.45, 7) is 0.207. The molecule has 0 bridgehead atoms. The van der Waals surface area contributed by atoms with Gasteiger partial charge in [0.2, 0.25) is 11.8 Å². The summed E-state index contributed by atoms with van der Waals surface area (Å²) in [6.07, 6.45) is 4.03. The van der Waals surface area contributed by atoms with Crippen LogP contribution in [0.4, 0.5) is 0 Å². The molecule has 1 aliphatic rings. The fraction of sp³-hybridized carbons (Fsp3) is 0.357. The van der Waals surface area contributed by atoms with Crippen LogP contribution in [0.15, 0.2) is 60.0 Å². The highest BCUT2D eigenvalue weighted by Gasteiger charge is 2.35. The molecule has 198 valence electrons. The molecule has 0 saturated heterocycles. The third-order valence-corrected chi connectivity index (χ3v) is 7.79. The van der Waals surface area contributed by atoms with Gasteiger partial charge in [-0.25, -0.2) is 4.68 Å². The average Bonchev–Trinajstić information content (AvgIpc) is 3.72. The van der Waals surface area contributed by atoms with Gasteiger partial charge in [-0.15, -0.1) is 16.4 Å². The summed E-state index contributed by atoms with van der Waals surface area (Å²) in [5.74, 6) is 0.601. The number of ether oxygens (including phenoxy) is 2. The number of fused-ring (bicyclic) bond motifs is 1. The summed E-state index contributed by atoms with van der Waals surface area (Å²) in [7, 11) is 3.13. The average molecular weight is 534 g/mol. The van der Waals surface area contributed by atoms with Crippen molar-refractivity contribution in [3.05, 3.63) is 70.4 Å². The lowest BCUT2D eigenvalue weighted by atomic mass is 10.0. The van der Waals surface area contributed by atoms with Gasteiger partial charge in [-0.1, -0.05) is 36.3 Å². The smallest absolute Gasteiger partial charge is 0.247 e. The molecule has 9 nitrogen and oxygen atoms in total. The van der Waals surface area contributed by atoms with Crippen LogP contribution in [-0.2, 0) is 22.7 Å². The first kappa shape index (κ1) is 25.7. The van der Waals surface area contributed by atoms with E-state index in [1.807, 2.05) is 41.8 Å². The van der Waals surface area contributed by atoms with Crippen LogP contribution in [0.5, 0.6) is 11.5 Å². The lowest BCUT2D eigenvalue weighted by Crippen LogP contribution is -2.46. The molecule has 1 fully saturated rings. The highest BCUT2D eigenvalue weighted by molar-refractivity contribution is 7.09. The van der Waals surface area contributed by atoms with E-state index in [9.17, 15) is 9.59 Å². The molecule has 5 rings (SSSR count). The maximum Gasteiger partial charge on any atom is 0.247 e. The quantitative estimate of drug-likeness (QED) is 0.326. The van der Waals surface area contributed by atoms with Crippen LogP contribution in [-0.4, -0.2) is 52.0 Å². The topological polar surface area (TPSA) is 98.6 Å². The summed E-state index contributed by atoms with van der Waals surface area (Å²) >= 11 is 1.54. The maximum atomic E-state index is 14.1. The molecule has 2 heterocycles. The normalized spacial score (nSPS) is 14.4. The van der Waals surface area contributed by atoms with Crippen LogP contribution in [0.3, 0.4) is 0 Å². The monoisotopic (exact) mass is 533 g/mol. The zero-order valence-corrected chi connectivity index (χ0v) is 22.3. The fourth-order valence-electron chi connectivity index (χ4n) is 4.99. The van der Waals surface area contributed by atoms with Crippen molar-refractivity contribution < 1.29 is 19.1 Å². The van der Waals surface area contributed by atoms with E-state index in [4.69, 9.17) is 9.47 Å². The molecular weight excluding hydrogens is 502 g/mol. The molecule has 1 aliphatic carbocycles. The second-order valence-electron chi connectivity index (χ2n) is 9.34. The summed E-state index contributed by atoms with van der Waals surface area (Å²) < 4.78 is 12.7. The first-order valence-corrected chi connectivity index (χ1v) is 13.6. The van der Waals surface area contributed by atoms with Crippen molar-refractivity contribution in [2.45, 2.75) is 50.9 Å². The number of thiophene rings is 1. The molecule has 4 aromatic rings. The summed E-state index contributed by atoms with van der Waals surface area (Å²) in [5, 5.41) is 13.6. The minimum atomic E-state index is -0.916. The molecule has 2 aromatic heterocycles. The Morgan fingerprint density at radius 1 is 1.11 bits per heavy atom. The zero-order chi connectivity index (χ0) is 26.5. The molecule has 1 unspecified atom stereocenters. The lowest BCUT2D eigenvalue weighted by molar-refractivity contribution is -0.142. The highest BCUT2D eigenvalue weighted by atomic mass is 32.1. The third kappa shape index (κ3) is 5.50. The van der Waals surface area contributed by atoms with Gasteiger partial charge in [-0.2, -0.15) is 0 Å². The Kier molecular flexibility index (Phi) is 7.88. The molecule has 10 heteroatoms. The molecule has 2 aromatic carbocycles. The summed E-state index contributed by atoms with van der Waals surface area (Å²) in [6, 6.07) is 15.9. The van der Waals surface area contributed by atoms with Gasteiger partial charge in [0.25, 0.3) is 0 Å². The molecule has 0 spiro atoms. The standard InChI is InChI=1S/C28H31N5O4S/c1-36-20-13-14-22(25(16-20)37-2)27(28(35)29-19-8-3-4-9-19)32(17-21-10-7-15-38-21)26(34)18-33-24-12-6-5-11-23(24)30-31-33/h5-7,10-16,19,27H,3-4,8-9,17-18H2,1-2H3,(H,29,35). The van der Waals surface area contributed by atoms with Gasteiger partial charge in [0, 0.05) is 22.5 Å². The Morgan fingerprint density at radius 3 is 2.66 bits per heavy atom. The van der Waals surface area contributed by atoms with Crippen molar-refractivity contribution in [2.24, 2.45) is 0 Å². The van der Waals surface area contributed by atoms with Crippen LogP contribution in [0.1, 0.15) is 42.2 Å². The minimum Gasteiger partial charge on any atom is -0.497 e. The highest BCUT2D eigenvalue weighted by Crippen LogP contribution is 2.35. The van der Waals surface area contributed by atoms with Gasteiger partial charge in [-0.3, -0.25) is 9.59 Å². The van der Waals surface area contributed by atoms with Gasteiger partial charge in [0.05, 0.1) is 26.3 Å². The molecule has 0 aliphatic heterocycles. The maximum absolute atomic E-state index is 14.1. The lowest BCUT2D eigenvalue weighted by Gasteiger charge is -2.33. The first-order valence-electron chi connectivity index (χ1n) is 12.7. The summed E-state index contributed by atoms with van der Waals surface area (Å²) in [5.41, 5.74) is 2.06. The van der Waals surface area contributed by atoms with Gasteiger partial charge < -0.3 is 19.7 Å². The molecule has 1 N–H and O–H groups in total. The molecule has 2 amide bonds. The van der Waals surface area contributed by atoms with E-state index in [-0.39, 0.29) is 30.9 Å². The Hall–Kier alpha value is -3.92. The van der Waals surface area contributed by atoms with E-state index in [1.165, 1.54) is 0 Å². The zero-order valence-electron chi connectivity index (χ0n) is 21.5. The number of nitrogens with zero attached hydrogens (tertiary/aromatic N) is 4. The third-order valence-electron chi connectivity index (χ3n) is 6.93. The first-order chi connectivity index (χ1) is 18.6. The predicted molar refractivity (Wildman–Crippen MR) is 145 cm³/mol. The number of carbonyl (C=O) groups excluding carboxylic acids is 2. The molecule has 1 saturated carbocycles. The van der Waals surface area contributed by atoms with Crippen molar-refractivity contribution in [1.29, 1.82) is 0 Å². The number of amides is 2. The second-order valence-corrected chi connectivity index (χ2v) is 10.4. The number of para-hydroxylation sites is 1. The van der Waals surface area contributed by atoms with E-state index >= 15 is 0 Å². The predicted octanol–water partition coefficient (Wildman–Crippen LogP) is 4.34. The fourth-order valence-corrected chi connectivity index (χ4v) is 5.69. The number of methoxy groups -OCH3 is 2. The Morgan fingerprint density at radius 2 is 1.92 bits per heavy atom. The number of carbonyl (C=O) groups is 2. The minimum absolute atomic E-state index is 0.0580. The Labute approximate surface area is 225 Å². The van der Waals surface area contributed by atoms with Crippen LogP contribution in [0.2, 0.25) is 0 Å². The second kappa shape index (κ2) is 11.6. The molecule has 1 atom stereocenters. The Balaban J connectivity index is 1.56. The van der Waals surface area contributed by atoms with Gasteiger partial charge in [-0.05, 0) is 48.6 Å². The van der Waals surface area contributed by atoms with Gasteiger partial charge >= 0.3 is 0 Å².